The van der Waals surface area contributed by atoms with Crippen LogP contribution in [0.5, 0.6) is 5.75 Å². The lowest BCUT2D eigenvalue weighted by Gasteiger charge is -2.24. The molecular formula is C23H22N2O. The molecule has 0 fully saturated rings. The molecular weight excluding hydrogens is 320 g/mol. The maximum absolute atomic E-state index is 5.26. The minimum atomic E-state index is 0.258. The molecule has 1 heterocycles. The maximum atomic E-state index is 5.26. The second-order valence-electron chi connectivity index (χ2n) is 6.49. The summed E-state index contributed by atoms with van der Waals surface area (Å²) in [4.78, 5) is 0. The van der Waals surface area contributed by atoms with Crippen molar-refractivity contribution in [1.82, 2.24) is 5.01 Å². The largest absolute Gasteiger partial charge is 0.497 e. The predicted octanol–water partition coefficient (Wildman–Crippen LogP) is 5.05. The number of ether oxygens (including phenoxy) is 1. The van der Waals surface area contributed by atoms with Crippen LogP contribution in [0.3, 0.4) is 0 Å². The first kappa shape index (κ1) is 16.4. The maximum Gasteiger partial charge on any atom is 0.118 e. The fourth-order valence-electron chi connectivity index (χ4n) is 3.39. The summed E-state index contributed by atoms with van der Waals surface area (Å²) in [7, 11) is 1.69. The first-order valence-electron chi connectivity index (χ1n) is 8.91. The highest BCUT2D eigenvalue weighted by Crippen LogP contribution is 2.33. The van der Waals surface area contributed by atoms with Crippen molar-refractivity contribution < 1.29 is 4.74 Å². The van der Waals surface area contributed by atoms with E-state index in [9.17, 15) is 0 Å². The Labute approximate surface area is 154 Å². The van der Waals surface area contributed by atoms with Crippen molar-refractivity contribution in [3.63, 3.8) is 0 Å². The van der Waals surface area contributed by atoms with Crippen molar-refractivity contribution in [2.75, 3.05) is 7.11 Å². The van der Waals surface area contributed by atoms with Crippen molar-refractivity contribution >= 4 is 5.71 Å². The van der Waals surface area contributed by atoms with Crippen molar-refractivity contribution in [2.45, 2.75) is 19.0 Å². The summed E-state index contributed by atoms with van der Waals surface area (Å²) in [5, 5.41) is 7.18. The molecule has 1 aliphatic heterocycles. The SMILES string of the molecule is COc1ccc(CN2N=C(c3ccccc3)CC2c2ccccc2)cc1. The average molecular weight is 342 g/mol. The third-order valence-corrected chi connectivity index (χ3v) is 4.79. The third kappa shape index (κ3) is 3.47. The molecule has 0 aromatic heterocycles. The standard InChI is InChI=1S/C23H22N2O/c1-26-21-14-12-18(13-15-21)17-25-23(20-10-6-3-7-11-20)16-22(24-25)19-8-4-2-5-9-19/h2-15,23H,16-17H2,1H3. The number of nitrogens with zero attached hydrogens (tertiary/aromatic N) is 2. The van der Waals surface area contributed by atoms with Crippen LogP contribution in [0.25, 0.3) is 0 Å². The Hall–Kier alpha value is -3.07. The Kier molecular flexibility index (Phi) is 4.69. The van der Waals surface area contributed by atoms with E-state index in [0.29, 0.717) is 0 Å². The zero-order valence-corrected chi connectivity index (χ0v) is 14.9. The first-order chi connectivity index (χ1) is 12.8. The van der Waals surface area contributed by atoms with Crippen LogP contribution in [0.4, 0.5) is 0 Å². The van der Waals surface area contributed by atoms with Crippen LogP contribution >= 0.6 is 0 Å². The van der Waals surface area contributed by atoms with Gasteiger partial charge in [0.05, 0.1) is 25.4 Å². The van der Waals surface area contributed by atoms with Gasteiger partial charge in [-0.3, -0.25) is 5.01 Å². The minimum absolute atomic E-state index is 0.258. The quantitative estimate of drug-likeness (QED) is 0.648. The fraction of sp³-hybridized carbons (Fsp3) is 0.174. The Morgan fingerprint density at radius 1 is 0.885 bits per heavy atom. The second-order valence-corrected chi connectivity index (χ2v) is 6.49. The van der Waals surface area contributed by atoms with Gasteiger partial charge in [0.15, 0.2) is 0 Å². The Balaban J connectivity index is 1.63. The molecule has 0 N–H and O–H groups in total. The monoisotopic (exact) mass is 342 g/mol. The van der Waals surface area contributed by atoms with Crippen LogP contribution in [0.15, 0.2) is 90.0 Å². The molecule has 3 aromatic carbocycles. The van der Waals surface area contributed by atoms with E-state index in [1.807, 2.05) is 18.2 Å². The number of hydrogen-bond donors (Lipinski definition) is 0. The van der Waals surface area contributed by atoms with E-state index in [-0.39, 0.29) is 6.04 Å². The molecule has 0 spiro atoms. The molecule has 4 rings (SSSR count). The summed E-state index contributed by atoms with van der Waals surface area (Å²) in [6.07, 6.45) is 0.921. The number of rotatable bonds is 5. The topological polar surface area (TPSA) is 24.8 Å². The van der Waals surface area contributed by atoms with E-state index in [2.05, 4.69) is 71.7 Å². The van der Waals surface area contributed by atoms with Gasteiger partial charge in [-0.25, -0.2) is 0 Å². The van der Waals surface area contributed by atoms with Crippen molar-refractivity contribution in [2.24, 2.45) is 5.10 Å². The highest BCUT2D eigenvalue weighted by atomic mass is 16.5. The Morgan fingerprint density at radius 2 is 1.54 bits per heavy atom. The molecule has 0 radical (unpaired) electrons. The smallest absolute Gasteiger partial charge is 0.118 e. The summed E-state index contributed by atoms with van der Waals surface area (Å²) < 4.78 is 5.26. The van der Waals surface area contributed by atoms with E-state index in [4.69, 9.17) is 9.84 Å². The van der Waals surface area contributed by atoms with E-state index in [1.54, 1.807) is 7.11 Å². The van der Waals surface area contributed by atoms with Gasteiger partial charge in [0.2, 0.25) is 0 Å². The summed E-state index contributed by atoms with van der Waals surface area (Å²) in [6, 6.07) is 29.6. The summed E-state index contributed by atoms with van der Waals surface area (Å²) in [6.45, 7) is 0.778. The van der Waals surface area contributed by atoms with Crippen LogP contribution < -0.4 is 4.74 Å². The zero-order chi connectivity index (χ0) is 17.8. The summed E-state index contributed by atoms with van der Waals surface area (Å²) >= 11 is 0. The molecule has 0 amide bonds. The number of hydrazone groups is 1. The lowest BCUT2D eigenvalue weighted by atomic mass is 9.98. The van der Waals surface area contributed by atoms with E-state index in [1.165, 1.54) is 16.7 Å². The molecule has 0 aliphatic carbocycles. The molecule has 3 heteroatoms. The zero-order valence-electron chi connectivity index (χ0n) is 14.9. The lowest BCUT2D eigenvalue weighted by Crippen LogP contribution is -2.19. The normalized spacial score (nSPS) is 16.4. The summed E-state index contributed by atoms with van der Waals surface area (Å²) in [5.74, 6) is 0.878. The molecule has 3 aromatic rings. The molecule has 130 valence electrons. The van der Waals surface area contributed by atoms with Gasteiger partial charge >= 0.3 is 0 Å². The third-order valence-electron chi connectivity index (χ3n) is 4.79. The molecule has 26 heavy (non-hydrogen) atoms. The average Bonchev–Trinajstić information content (AvgIpc) is 3.14. The van der Waals surface area contributed by atoms with Gasteiger partial charge in [-0.15, -0.1) is 0 Å². The van der Waals surface area contributed by atoms with Gasteiger partial charge in [-0.2, -0.15) is 5.10 Å². The second kappa shape index (κ2) is 7.44. The van der Waals surface area contributed by atoms with E-state index < -0.39 is 0 Å². The van der Waals surface area contributed by atoms with Crippen molar-refractivity contribution in [1.29, 1.82) is 0 Å². The number of hydrogen-bond acceptors (Lipinski definition) is 3. The van der Waals surface area contributed by atoms with E-state index >= 15 is 0 Å². The van der Waals surface area contributed by atoms with Gasteiger partial charge in [-0.1, -0.05) is 72.8 Å². The van der Waals surface area contributed by atoms with Crippen LogP contribution in [-0.4, -0.2) is 17.8 Å². The van der Waals surface area contributed by atoms with Crippen LogP contribution in [-0.2, 0) is 6.54 Å². The van der Waals surface area contributed by atoms with Gasteiger partial charge in [0.25, 0.3) is 0 Å². The van der Waals surface area contributed by atoms with Crippen molar-refractivity contribution in [3.05, 3.63) is 102 Å². The minimum Gasteiger partial charge on any atom is -0.497 e. The number of benzene rings is 3. The molecule has 1 atom stereocenters. The lowest BCUT2D eigenvalue weighted by molar-refractivity contribution is 0.224. The van der Waals surface area contributed by atoms with Gasteiger partial charge in [0, 0.05) is 6.42 Å². The van der Waals surface area contributed by atoms with Gasteiger partial charge < -0.3 is 4.74 Å². The van der Waals surface area contributed by atoms with Gasteiger partial charge in [0.1, 0.15) is 5.75 Å². The highest BCUT2D eigenvalue weighted by molar-refractivity contribution is 6.01. The highest BCUT2D eigenvalue weighted by Gasteiger charge is 2.28. The molecule has 1 unspecified atom stereocenters. The van der Waals surface area contributed by atoms with E-state index in [0.717, 1.165) is 24.4 Å². The molecule has 0 saturated carbocycles. The Morgan fingerprint density at radius 3 is 2.19 bits per heavy atom. The summed E-state index contributed by atoms with van der Waals surface area (Å²) in [5.41, 5.74) is 4.87. The van der Waals surface area contributed by atoms with Crippen LogP contribution in [0.1, 0.15) is 29.2 Å². The predicted molar refractivity (Wildman–Crippen MR) is 105 cm³/mol. The molecule has 3 nitrogen and oxygen atoms in total. The molecule has 0 bridgehead atoms. The first-order valence-corrected chi connectivity index (χ1v) is 8.91. The fourth-order valence-corrected chi connectivity index (χ4v) is 3.39. The Bertz CT molecular complexity index is 873. The van der Waals surface area contributed by atoms with Crippen LogP contribution in [0.2, 0.25) is 0 Å². The molecule has 0 saturated heterocycles. The number of methoxy groups -OCH3 is 1. The van der Waals surface area contributed by atoms with Crippen molar-refractivity contribution in [3.8, 4) is 5.75 Å². The van der Waals surface area contributed by atoms with Crippen LogP contribution in [0, 0.1) is 0 Å². The molecule has 1 aliphatic rings. The van der Waals surface area contributed by atoms with Gasteiger partial charge in [-0.05, 0) is 28.8 Å².